The van der Waals surface area contributed by atoms with Crippen molar-refractivity contribution >= 4 is 17.7 Å². The molecule has 43 heavy (non-hydrogen) atoms. The molecule has 11 nitrogen and oxygen atoms in total. The number of amides is 3. The van der Waals surface area contributed by atoms with Gasteiger partial charge >= 0.3 is 0 Å². The summed E-state index contributed by atoms with van der Waals surface area (Å²) in [5, 5.41) is 3.07. The Hall–Kier alpha value is -3.67. The highest BCUT2D eigenvalue weighted by atomic mass is 16.5. The van der Waals surface area contributed by atoms with Crippen LogP contribution in [-0.4, -0.2) is 99.9 Å². The van der Waals surface area contributed by atoms with Gasteiger partial charge in [-0.25, -0.2) is 0 Å². The number of aryl methyl sites for hydroxylation is 1. The van der Waals surface area contributed by atoms with Gasteiger partial charge in [-0.15, -0.1) is 0 Å². The van der Waals surface area contributed by atoms with Gasteiger partial charge in [0.25, 0.3) is 0 Å². The van der Waals surface area contributed by atoms with Crippen molar-refractivity contribution in [3.05, 3.63) is 53.6 Å². The molecular formula is C32H41N3O8. The maximum absolute atomic E-state index is 13.4. The predicted molar refractivity (Wildman–Crippen MR) is 157 cm³/mol. The molecule has 3 heterocycles. The van der Waals surface area contributed by atoms with Gasteiger partial charge in [0.1, 0.15) is 5.75 Å². The van der Waals surface area contributed by atoms with Crippen LogP contribution in [0.3, 0.4) is 0 Å². The molecule has 2 atom stereocenters. The number of likely N-dealkylation sites (tertiary alicyclic amines) is 1. The van der Waals surface area contributed by atoms with Gasteiger partial charge in [0.05, 0.1) is 39.0 Å². The minimum atomic E-state index is -0.420. The van der Waals surface area contributed by atoms with Crippen molar-refractivity contribution in [3.8, 4) is 17.2 Å². The summed E-state index contributed by atoms with van der Waals surface area (Å²) in [6, 6.07) is 12.8. The number of rotatable bonds is 5. The molecule has 3 aliphatic rings. The topological polar surface area (TPSA) is 116 Å². The molecule has 0 unspecified atom stereocenters. The maximum Gasteiger partial charge on any atom is 0.239 e. The lowest BCUT2D eigenvalue weighted by Gasteiger charge is -2.26. The van der Waals surface area contributed by atoms with E-state index < -0.39 is 12.1 Å². The molecule has 232 valence electrons. The second kappa shape index (κ2) is 14.7. The van der Waals surface area contributed by atoms with Crippen molar-refractivity contribution in [3.63, 3.8) is 0 Å². The van der Waals surface area contributed by atoms with Crippen molar-refractivity contribution in [2.24, 2.45) is 5.92 Å². The lowest BCUT2D eigenvalue weighted by atomic mass is 9.99. The molecule has 0 spiro atoms. The SMILES string of the molecule is COCCN1CC(=O)N[C@H]2CN(C(=O)C3CCOCC3)C[C@@H]2OCc2cccc(c2)Oc2cc(ccc2OC)CCC1=O. The van der Waals surface area contributed by atoms with Crippen LogP contribution in [0.15, 0.2) is 42.5 Å². The predicted octanol–water partition coefficient (Wildman–Crippen LogP) is 2.55. The molecule has 0 aliphatic carbocycles. The van der Waals surface area contributed by atoms with Gasteiger partial charge in [-0.3, -0.25) is 14.4 Å². The van der Waals surface area contributed by atoms with Gasteiger partial charge in [-0.2, -0.15) is 0 Å². The Morgan fingerprint density at radius 1 is 1.02 bits per heavy atom. The first-order valence-electron chi connectivity index (χ1n) is 14.9. The van der Waals surface area contributed by atoms with E-state index in [1.807, 2.05) is 42.5 Å². The van der Waals surface area contributed by atoms with Crippen LogP contribution in [0.25, 0.3) is 0 Å². The smallest absolute Gasteiger partial charge is 0.239 e. The average Bonchev–Trinajstić information content (AvgIpc) is 3.42. The Bertz CT molecular complexity index is 1280. The maximum atomic E-state index is 13.4. The number of hydrogen-bond acceptors (Lipinski definition) is 8. The zero-order valence-electron chi connectivity index (χ0n) is 24.9. The molecule has 0 aromatic heterocycles. The van der Waals surface area contributed by atoms with E-state index in [9.17, 15) is 14.4 Å². The summed E-state index contributed by atoms with van der Waals surface area (Å²) < 4.78 is 28.8. The summed E-state index contributed by atoms with van der Waals surface area (Å²) in [7, 11) is 3.15. The Morgan fingerprint density at radius 2 is 1.86 bits per heavy atom. The normalized spacial score (nSPS) is 22.2. The second-order valence-electron chi connectivity index (χ2n) is 11.2. The van der Waals surface area contributed by atoms with Crippen molar-refractivity contribution in [2.45, 2.75) is 44.4 Å². The van der Waals surface area contributed by atoms with Crippen molar-refractivity contribution in [1.29, 1.82) is 0 Å². The fourth-order valence-corrected chi connectivity index (χ4v) is 5.78. The first kappa shape index (κ1) is 30.8. The molecule has 4 bridgehead atoms. The lowest BCUT2D eigenvalue weighted by molar-refractivity contribution is -0.138. The van der Waals surface area contributed by atoms with Gasteiger partial charge < -0.3 is 38.8 Å². The van der Waals surface area contributed by atoms with Gasteiger partial charge in [-0.05, 0) is 54.7 Å². The zero-order chi connectivity index (χ0) is 30.2. The molecule has 5 rings (SSSR count). The molecule has 0 radical (unpaired) electrons. The first-order valence-corrected chi connectivity index (χ1v) is 14.9. The fraction of sp³-hybridized carbons (Fsp3) is 0.531. The average molecular weight is 596 g/mol. The van der Waals surface area contributed by atoms with Crippen LogP contribution in [0.1, 0.15) is 30.4 Å². The third-order valence-electron chi connectivity index (χ3n) is 8.19. The molecular weight excluding hydrogens is 554 g/mol. The van der Waals surface area contributed by atoms with Gasteiger partial charge in [0.2, 0.25) is 17.7 Å². The first-order chi connectivity index (χ1) is 20.9. The summed E-state index contributed by atoms with van der Waals surface area (Å²) >= 11 is 0. The monoisotopic (exact) mass is 595 g/mol. The highest BCUT2D eigenvalue weighted by molar-refractivity contribution is 5.85. The van der Waals surface area contributed by atoms with E-state index in [1.165, 1.54) is 4.90 Å². The standard InChI is InChI=1S/C32H41N3O8/c1-39-15-12-34-20-30(36)33-26-18-35(32(38)24-10-13-41-14-11-24)19-29(26)42-21-23-4-3-5-25(16-23)43-28-17-22(7-9-31(34)37)6-8-27(28)40-2/h3-6,8,16-17,24,26,29H,7,9-15,18-21H2,1-2H3,(H,33,36)/t26-,29-/m0/s1. The summed E-state index contributed by atoms with van der Waals surface area (Å²) in [4.78, 5) is 43.3. The fourth-order valence-electron chi connectivity index (χ4n) is 5.78. The van der Waals surface area contributed by atoms with Crippen LogP contribution in [0.5, 0.6) is 17.2 Å². The summed E-state index contributed by atoms with van der Waals surface area (Å²) in [5.41, 5.74) is 1.80. The van der Waals surface area contributed by atoms with E-state index in [4.69, 9.17) is 23.7 Å². The van der Waals surface area contributed by atoms with E-state index in [0.29, 0.717) is 69.4 Å². The highest BCUT2D eigenvalue weighted by Gasteiger charge is 2.39. The number of ether oxygens (including phenoxy) is 5. The van der Waals surface area contributed by atoms with Gasteiger partial charge in [0.15, 0.2) is 11.5 Å². The largest absolute Gasteiger partial charge is 0.493 e. The van der Waals surface area contributed by atoms with Gasteiger partial charge in [0, 0.05) is 52.3 Å². The van der Waals surface area contributed by atoms with Crippen LogP contribution >= 0.6 is 0 Å². The summed E-state index contributed by atoms with van der Waals surface area (Å²) in [6.07, 6.45) is 1.63. The molecule has 2 aromatic rings. The molecule has 3 amide bonds. The number of methoxy groups -OCH3 is 2. The molecule has 2 aromatic carbocycles. The number of hydrogen-bond donors (Lipinski definition) is 1. The van der Waals surface area contributed by atoms with E-state index in [0.717, 1.165) is 11.1 Å². The van der Waals surface area contributed by atoms with Crippen LogP contribution in [0.4, 0.5) is 0 Å². The molecule has 0 saturated carbocycles. The Kier molecular flexibility index (Phi) is 10.5. The van der Waals surface area contributed by atoms with E-state index in [1.54, 1.807) is 19.1 Å². The lowest BCUT2D eigenvalue weighted by Crippen LogP contribution is -2.49. The van der Waals surface area contributed by atoms with E-state index >= 15 is 0 Å². The molecule has 3 aliphatic heterocycles. The van der Waals surface area contributed by atoms with Crippen molar-refractivity contribution in [1.82, 2.24) is 15.1 Å². The molecule has 1 N–H and O–H groups in total. The highest BCUT2D eigenvalue weighted by Crippen LogP contribution is 2.33. The van der Waals surface area contributed by atoms with Crippen molar-refractivity contribution < 1.29 is 38.1 Å². The minimum Gasteiger partial charge on any atom is -0.493 e. The van der Waals surface area contributed by atoms with Crippen LogP contribution in [0.2, 0.25) is 0 Å². The number of carbonyl (C=O) groups excluding carboxylic acids is 3. The number of nitrogens with one attached hydrogen (secondary N) is 1. The Morgan fingerprint density at radius 3 is 2.65 bits per heavy atom. The number of carbonyl (C=O) groups is 3. The zero-order valence-corrected chi connectivity index (χ0v) is 24.9. The summed E-state index contributed by atoms with van der Waals surface area (Å²) in [6.45, 7) is 2.60. The van der Waals surface area contributed by atoms with E-state index in [-0.39, 0.29) is 49.8 Å². The van der Waals surface area contributed by atoms with Crippen LogP contribution in [-0.2, 0) is 41.6 Å². The summed E-state index contributed by atoms with van der Waals surface area (Å²) in [5.74, 6) is 1.25. The minimum absolute atomic E-state index is 0.0648. The number of fused-ring (bicyclic) bond motifs is 5. The molecule has 2 saturated heterocycles. The number of benzene rings is 2. The third kappa shape index (κ3) is 8.04. The quantitative estimate of drug-likeness (QED) is 0.561. The van der Waals surface area contributed by atoms with Crippen LogP contribution < -0.4 is 14.8 Å². The number of nitrogens with zero attached hydrogens (tertiary/aromatic N) is 2. The van der Waals surface area contributed by atoms with Crippen molar-refractivity contribution in [2.75, 3.05) is 60.2 Å². The second-order valence-corrected chi connectivity index (χ2v) is 11.2. The Balaban J connectivity index is 1.40. The molecule has 2 fully saturated rings. The van der Waals surface area contributed by atoms with Gasteiger partial charge in [-0.1, -0.05) is 18.2 Å². The Labute approximate surface area is 252 Å². The van der Waals surface area contributed by atoms with Crippen LogP contribution in [0, 0.1) is 5.92 Å². The molecule has 11 heteroatoms. The van der Waals surface area contributed by atoms with E-state index in [2.05, 4.69) is 5.32 Å². The third-order valence-corrected chi connectivity index (χ3v) is 8.19.